The molecule has 0 N–H and O–H groups in total. The second-order valence-corrected chi connectivity index (χ2v) is 3.16. The fourth-order valence-electron chi connectivity index (χ4n) is 1.26. The Hall–Kier alpha value is -1.83. The first-order valence-electron chi connectivity index (χ1n) is 4.68. The number of halogens is 1. The maximum atomic E-state index is 12.8. The topological polar surface area (TPSA) is 9.23 Å². The summed E-state index contributed by atoms with van der Waals surface area (Å²) in [5.74, 6) is 0.498. The third-order valence-electron chi connectivity index (χ3n) is 1.97. The minimum absolute atomic E-state index is 0.240. The summed E-state index contributed by atoms with van der Waals surface area (Å²) in [7, 11) is 0. The first-order valence-corrected chi connectivity index (χ1v) is 4.68. The molecule has 75 valence electrons. The summed E-state index contributed by atoms with van der Waals surface area (Å²) in [6.07, 6.45) is 0. The van der Waals surface area contributed by atoms with Crippen molar-refractivity contribution in [2.75, 3.05) is 0 Å². The molecule has 1 nitrogen and oxygen atoms in total. The molecule has 1 radical (unpaired) electrons. The molecule has 0 aromatic heterocycles. The summed E-state index contributed by atoms with van der Waals surface area (Å²) in [6.45, 7) is 0.371. The Balaban J connectivity index is 1.99. The predicted octanol–water partition coefficient (Wildman–Crippen LogP) is 3.20. The van der Waals surface area contributed by atoms with Gasteiger partial charge in [-0.15, -0.1) is 0 Å². The first-order chi connectivity index (χ1) is 7.34. The lowest BCUT2D eigenvalue weighted by molar-refractivity contribution is 0.305. The second kappa shape index (κ2) is 4.60. The van der Waals surface area contributed by atoms with E-state index in [1.807, 2.05) is 18.2 Å². The van der Waals surface area contributed by atoms with Crippen LogP contribution in [-0.2, 0) is 6.61 Å². The quantitative estimate of drug-likeness (QED) is 0.741. The lowest BCUT2D eigenvalue weighted by Crippen LogP contribution is -1.95. The molecule has 0 bridgehead atoms. The van der Waals surface area contributed by atoms with Crippen LogP contribution in [0.1, 0.15) is 5.56 Å². The van der Waals surface area contributed by atoms with Gasteiger partial charge in [-0.1, -0.05) is 24.3 Å². The zero-order chi connectivity index (χ0) is 10.5. The minimum Gasteiger partial charge on any atom is -0.489 e. The molecule has 0 heterocycles. The summed E-state index contributed by atoms with van der Waals surface area (Å²) < 4.78 is 18.3. The van der Waals surface area contributed by atoms with Gasteiger partial charge in [-0.05, 0) is 35.9 Å². The molecule has 0 fully saturated rings. The fraction of sp³-hybridized carbons (Fsp3) is 0.0769. The molecule has 0 aliphatic heterocycles. The summed E-state index contributed by atoms with van der Waals surface area (Å²) >= 11 is 0. The Bertz CT molecular complexity index is 426. The molecule has 2 aromatic rings. The highest BCUT2D eigenvalue weighted by molar-refractivity contribution is 5.21. The van der Waals surface area contributed by atoms with Crippen LogP contribution in [-0.4, -0.2) is 0 Å². The summed E-state index contributed by atoms with van der Waals surface area (Å²) in [4.78, 5) is 0. The molecular weight excluding hydrogens is 191 g/mol. The van der Waals surface area contributed by atoms with Crippen molar-refractivity contribution in [3.05, 3.63) is 66.0 Å². The third-order valence-corrected chi connectivity index (χ3v) is 1.97. The van der Waals surface area contributed by atoms with Crippen LogP contribution in [0.15, 0.2) is 48.5 Å². The molecule has 0 amide bonds. The van der Waals surface area contributed by atoms with Crippen molar-refractivity contribution >= 4 is 0 Å². The Morgan fingerprint density at radius 2 is 2.13 bits per heavy atom. The van der Waals surface area contributed by atoms with Gasteiger partial charge in [0.05, 0.1) is 0 Å². The van der Waals surface area contributed by atoms with E-state index in [0.717, 1.165) is 11.3 Å². The summed E-state index contributed by atoms with van der Waals surface area (Å²) in [5, 5.41) is 0. The summed E-state index contributed by atoms with van der Waals surface area (Å²) in [5.41, 5.74) is 0.818. The first kappa shape index (κ1) is 9.71. The van der Waals surface area contributed by atoms with E-state index in [0.29, 0.717) is 6.61 Å². The number of hydrogen-bond acceptors (Lipinski definition) is 1. The maximum absolute atomic E-state index is 12.8. The maximum Gasteiger partial charge on any atom is 0.123 e. The Labute approximate surface area is 88.1 Å². The highest BCUT2D eigenvalue weighted by atomic mass is 19.1. The molecule has 2 rings (SSSR count). The zero-order valence-corrected chi connectivity index (χ0v) is 8.11. The highest BCUT2D eigenvalue weighted by Crippen LogP contribution is 2.11. The van der Waals surface area contributed by atoms with Gasteiger partial charge in [0, 0.05) is 0 Å². The lowest BCUT2D eigenvalue weighted by atomic mass is 10.2. The van der Waals surface area contributed by atoms with Crippen molar-refractivity contribution in [1.82, 2.24) is 0 Å². The number of benzene rings is 2. The van der Waals surface area contributed by atoms with E-state index in [1.54, 1.807) is 18.2 Å². The van der Waals surface area contributed by atoms with E-state index in [2.05, 4.69) is 6.07 Å². The van der Waals surface area contributed by atoms with E-state index in [-0.39, 0.29) is 5.82 Å². The van der Waals surface area contributed by atoms with Crippen LogP contribution >= 0.6 is 0 Å². The monoisotopic (exact) mass is 201 g/mol. The van der Waals surface area contributed by atoms with Gasteiger partial charge in [-0.3, -0.25) is 0 Å². The van der Waals surface area contributed by atoms with Gasteiger partial charge < -0.3 is 4.74 Å². The molecule has 0 spiro atoms. The number of hydrogen-bond donors (Lipinski definition) is 0. The van der Waals surface area contributed by atoms with E-state index in [1.165, 1.54) is 12.1 Å². The Kier molecular flexibility index (Phi) is 2.98. The van der Waals surface area contributed by atoms with Crippen LogP contribution < -0.4 is 4.74 Å². The molecule has 0 atom stereocenters. The molecule has 15 heavy (non-hydrogen) atoms. The molecule has 0 saturated heterocycles. The molecule has 0 aliphatic carbocycles. The van der Waals surface area contributed by atoms with Gasteiger partial charge in [-0.25, -0.2) is 4.39 Å². The van der Waals surface area contributed by atoms with Gasteiger partial charge in [0.2, 0.25) is 0 Å². The predicted molar refractivity (Wildman–Crippen MR) is 56.0 cm³/mol. The minimum atomic E-state index is -0.240. The average molecular weight is 201 g/mol. The van der Waals surface area contributed by atoms with E-state index in [9.17, 15) is 4.39 Å². The summed E-state index contributed by atoms with van der Waals surface area (Å²) in [6, 6.07) is 16.5. The van der Waals surface area contributed by atoms with Crippen LogP contribution in [0.2, 0.25) is 0 Å². The van der Waals surface area contributed by atoms with Crippen LogP contribution in [0, 0.1) is 11.9 Å². The highest BCUT2D eigenvalue weighted by Gasteiger charge is 1.96. The zero-order valence-electron chi connectivity index (χ0n) is 8.11. The molecule has 0 saturated carbocycles. The van der Waals surface area contributed by atoms with Crippen LogP contribution in [0.3, 0.4) is 0 Å². The van der Waals surface area contributed by atoms with Gasteiger partial charge in [-0.2, -0.15) is 0 Å². The van der Waals surface area contributed by atoms with Gasteiger partial charge >= 0.3 is 0 Å². The van der Waals surface area contributed by atoms with E-state index >= 15 is 0 Å². The average Bonchev–Trinajstić information content (AvgIpc) is 2.28. The Morgan fingerprint density at radius 1 is 1.20 bits per heavy atom. The van der Waals surface area contributed by atoms with Crippen molar-refractivity contribution in [3.63, 3.8) is 0 Å². The van der Waals surface area contributed by atoms with E-state index < -0.39 is 0 Å². The standard InChI is InChI=1S/C13H10FO/c14-12-6-4-5-11(9-12)10-15-13-7-2-1-3-8-13/h1-2,4-9H,10H2. The fourth-order valence-corrected chi connectivity index (χ4v) is 1.26. The van der Waals surface area contributed by atoms with E-state index in [4.69, 9.17) is 4.74 Å². The lowest BCUT2D eigenvalue weighted by Gasteiger charge is -2.05. The van der Waals surface area contributed by atoms with Crippen molar-refractivity contribution < 1.29 is 9.13 Å². The number of rotatable bonds is 3. The van der Waals surface area contributed by atoms with Crippen LogP contribution in [0.4, 0.5) is 4.39 Å². The largest absolute Gasteiger partial charge is 0.489 e. The van der Waals surface area contributed by atoms with Crippen molar-refractivity contribution in [2.45, 2.75) is 6.61 Å². The third kappa shape index (κ3) is 2.81. The molecular formula is C13H10FO. The molecule has 0 aliphatic rings. The van der Waals surface area contributed by atoms with Crippen molar-refractivity contribution in [2.24, 2.45) is 0 Å². The number of ether oxygens (including phenoxy) is 1. The molecule has 0 unspecified atom stereocenters. The normalized spacial score (nSPS) is 9.93. The van der Waals surface area contributed by atoms with Gasteiger partial charge in [0.1, 0.15) is 18.2 Å². The van der Waals surface area contributed by atoms with Crippen molar-refractivity contribution in [3.8, 4) is 5.75 Å². The van der Waals surface area contributed by atoms with Gasteiger partial charge in [0.25, 0.3) is 0 Å². The van der Waals surface area contributed by atoms with Crippen LogP contribution in [0.5, 0.6) is 5.75 Å². The van der Waals surface area contributed by atoms with Gasteiger partial charge in [0.15, 0.2) is 0 Å². The smallest absolute Gasteiger partial charge is 0.123 e. The molecule has 2 aromatic carbocycles. The van der Waals surface area contributed by atoms with Crippen LogP contribution in [0.25, 0.3) is 0 Å². The second-order valence-electron chi connectivity index (χ2n) is 3.16. The SMILES string of the molecule is Fc1cccc(COc2c[c]ccc2)c1. The van der Waals surface area contributed by atoms with Crippen molar-refractivity contribution in [1.29, 1.82) is 0 Å². The molecule has 2 heteroatoms. The Morgan fingerprint density at radius 3 is 2.87 bits per heavy atom.